The average Bonchev–Trinajstić information content (AvgIpc) is 3.13. The maximum atomic E-state index is 13.3. The molecule has 1 saturated carbocycles. The molecule has 6 rings (SSSR count). The Hall–Kier alpha value is -1.49. The summed E-state index contributed by atoms with van der Waals surface area (Å²) in [7, 11) is 0. The minimum Gasteiger partial charge on any atom is -0.373 e. The zero-order valence-corrected chi connectivity index (χ0v) is 14.3. The third-order valence-corrected chi connectivity index (χ3v) is 6.70. The first-order valence-electron chi connectivity index (χ1n) is 8.64. The summed E-state index contributed by atoms with van der Waals surface area (Å²) in [5.74, 6) is 0.275. The maximum absolute atomic E-state index is 13.3. The van der Waals surface area contributed by atoms with E-state index in [0.29, 0.717) is 26.1 Å². The highest BCUT2D eigenvalue weighted by molar-refractivity contribution is 5.95. The van der Waals surface area contributed by atoms with Crippen LogP contribution < -0.4 is 0 Å². The Morgan fingerprint density at radius 1 is 0.917 bits per heavy atom. The van der Waals surface area contributed by atoms with Crippen molar-refractivity contribution in [1.82, 2.24) is 0 Å². The molecule has 2 aliphatic carbocycles. The normalized spacial score (nSPS) is 42.4. The molecule has 0 N–H and O–H groups in total. The smallest absolute Gasteiger partial charge is 0.153 e. The SMILES string of the molecule is CC1(C)C[C@@]23OO[C@@](c4ccccc4)(C[C@@]2(C)C1=O)C1=C3COC1. The molecule has 4 nitrogen and oxygen atoms in total. The van der Waals surface area contributed by atoms with Gasteiger partial charge in [0.1, 0.15) is 11.4 Å². The Balaban J connectivity index is 1.79. The topological polar surface area (TPSA) is 44.8 Å². The molecule has 1 aromatic carbocycles. The zero-order chi connectivity index (χ0) is 16.8. The summed E-state index contributed by atoms with van der Waals surface area (Å²) in [6.07, 6.45) is 1.27. The summed E-state index contributed by atoms with van der Waals surface area (Å²) >= 11 is 0. The molecule has 2 bridgehead atoms. The molecule has 0 radical (unpaired) electrons. The number of Topliss-reactive ketones (excluding diaryl/α,β-unsaturated/α-hetero) is 1. The second-order valence-corrected chi connectivity index (χ2v) is 8.54. The predicted octanol–water partition coefficient (Wildman–Crippen LogP) is 3.32. The van der Waals surface area contributed by atoms with Crippen LogP contribution in [-0.2, 0) is 24.9 Å². The molecule has 1 saturated heterocycles. The van der Waals surface area contributed by atoms with E-state index >= 15 is 0 Å². The summed E-state index contributed by atoms with van der Waals surface area (Å²) in [4.78, 5) is 25.5. The van der Waals surface area contributed by atoms with Gasteiger partial charge >= 0.3 is 0 Å². The van der Waals surface area contributed by atoms with Crippen molar-refractivity contribution in [2.45, 2.75) is 44.8 Å². The highest BCUT2D eigenvalue weighted by Crippen LogP contribution is 2.70. The predicted molar refractivity (Wildman–Crippen MR) is 87.0 cm³/mol. The molecule has 24 heavy (non-hydrogen) atoms. The molecule has 4 heteroatoms. The molecule has 3 aliphatic heterocycles. The first kappa shape index (κ1) is 14.8. The lowest BCUT2D eigenvalue weighted by Gasteiger charge is -2.57. The second kappa shape index (κ2) is 4.18. The molecular weight excluding hydrogens is 304 g/mol. The van der Waals surface area contributed by atoms with Gasteiger partial charge in [0.15, 0.2) is 5.60 Å². The van der Waals surface area contributed by atoms with Gasteiger partial charge in [0.2, 0.25) is 0 Å². The molecule has 1 aromatic rings. The lowest BCUT2D eigenvalue weighted by atomic mass is 9.56. The van der Waals surface area contributed by atoms with Crippen LogP contribution in [0.3, 0.4) is 0 Å². The Morgan fingerprint density at radius 3 is 2.38 bits per heavy atom. The van der Waals surface area contributed by atoms with Crippen LogP contribution in [0, 0.1) is 10.8 Å². The van der Waals surface area contributed by atoms with Crippen molar-refractivity contribution in [3.63, 3.8) is 0 Å². The lowest BCUT2D eigenvalue weighted by molar-refractivity contribution is -0.458. The fraction of sp³-hybridized carbons (Fsp3) is 0.550. The Kier molecular flexibility index (Phi) is 2.58. The van der Waals surface area contributed by atoms with Crippen LogP contribution in [0.15, 0.2) is 41.5 Å². The molecule has 3 atom stereocenters. The average molecular weight is 326 g/mol. The second-order valence-electron chi connectivity index (χ2n) is 8.54. The number of hydrogen-bond acceptors (Lipinski definition) is 4. The van der Waals surface area contributed by atoms with E-state index in [1.807, 2.05) is 32.0 Å². The number of fused-ring (bicyclic) bond motifs is 1. The molecule has 2 fully saturated rings. The van der Waals surface area contributed by atoms with Gasteiger partial charge in [-0.1, -0.05) is 44.2 Å². The molecule has 0 aromatic heterocycles. The molecule has 3 heterocycles. The summed E-state index contributed by atoms with van der Waals surface area (Å²) in [6, 6.07) is 10.1. The van der Waals surface area contributed by atoms with Gasteiger partial charge in [-0.3, -0.25) is 4.79 Å². The van der Waals surface area contributed by atoms with Crippen molar-refractivity contribution >= 4 is 5.78 Å². The van der Waals surface area contributed by atoms with E-state index in [9.17, 15) is 4.79 Å². The van der Waals surface area contributed by atoms with Gasteiger partial charge in [-0.2, -0.15) is 0 Å². The van der Waals surface area contributed by atoms with Gasteiger partial charge in [-0.15, -0.1) is 0 Å². The third-order valence-electron chi connectivity index (χ3n) is 6.70. The Bertz CT molecular complexity index is 780. The molecular formula is C20H22O4. The first-order chi connectivity index (χ1) is 11.4. The van der Waals surface area contributed by atoms with Crippen molar-refractivity contribution in [2.24, 2.45) is 10.8 Å². The molecule has 0 unspecified atom stereocenters. The van der Waals surface area contributed by atoms with E-state index in [2.05, 4.69) is 19.1 Å². The molecule has 126 valence electrons. The fourth-order valence-electron chi connectivity index (χ4n) is 5.67. The highest BCUT2D eigenvalue weighted by atomic mass is 17.2. The largest absolute Gasteiger partial charge is 0.373 e. The minimum absolute atomic E-state index is 0.275. The van der Waals surface area contributed by atoms with Crippen LogP contribution in [0.5, 0.6) is 0 Å². The number of ketones is 1. The van der Waals surface area contributed by atoms with Gasteiger partial charge in [0.05, 0.1) is 18.6 Å². The summed E-state index contributed by atoms with van der Waals surface area (Å²) < 4.78 is 5.82. The van der Waals surface area contributed by atoms with Crippen LogP contribution in [0.4, 0.5) is 0 Å². The van der Waals surface area contributed by atoms with Crippen LogP contribution in [0.1, 0.15) is 39.2 Å². The fourth-order valence-corrected chi connectivity index (χ4v) is 5.67. The van der Waals surface area contributed by atoms with E-state index in [-0.39, 0.29) is 5.78 Å². The maximum Gasteiger partial charge on any atom is 0.153 e. The first-order valence-corrected chi connectivity index (χ1v) is 8.64. The number of carbonyl (C=O) groups excluding carboxylic acids is 1. The summed E-state index contributed by atoms with van der Waals surface area (Å²) in [5, 5.41) is 0. The van der Waals surface area contributed by atoms with Gasteiger partial charge in [-0.05, 0) is 30.1 Å². The van der Waals surface area contributed by atoms with Gasteiger partial charge in [0.25, 0.3) is 0 Å². The van der Waals surface area contributed by atoms with Crippen molar-refractivity contribution in [3.8, 4) is 0 Å². The van der Waals surface area contributed by atoms with Gasteiger partial charge in [-0.25, -0.2) is 9.78 Å². The van der Waals surface area contributed by atoms with Crippen LogP contribution in [0.25, 0.3) is 0 Å². The van der Waals surface area contributed by atoms with E-state index in [1.165, 1.54) is 5.57 Å². The molecule has 0 amide bonds. The third kappa shape index (κ3) is 1.41. The Morgan fingerprint density at radius 2 is 1.62 bits per heavy atom. The molecule has 5 aliphatic rings. The quantitative estimate of drug-likeness (QED) is 0.587. The van der Waals surface area contributed by atoms with E-state index in [1.54, 1.807) is 0 Å². The van der Waals surface area contributed by atoms with E-state index in [4.69, 9.17) is 14.5 Å². The van der Waals surface area contributed by atoms with Gasteiger partial charge < -0.3 is 4.74 Å². The van der Waals surface area contributed by atoms with Crippen LogP contribution in [0.2, 0.25) is 0 Å². The van der Waals surface area contributed by atoms with Gasteiger partial charge in [0, 0.05) is 11.8 Å². The number of benzene rings is 1. The number of rotatable bonds is 1. The number of hydrogen-bond donors (Lipinski definition) is 0. The highest BCUT2D eigenvalue weighted by Gasteiger charge is 2.76. The van der Waals surface area contributed by atoms with Crippen LogP contribution in [-0.4, -0.2) is 24.6 Å². The zero-order valence-electron chi connectivity index (χ0n) is 14.3. The minimum atomic E-state index is -0.709. The monoisotopic (exact) mass is 326 g/mol. The molecule has 1 spiro atoms. The number of carbonyl (C=O) groups is 1. The Labute approximate surface area is 141 Å². The van der Waals surface area contributed by atoms with Crippen molar-refractivity contribution in [3.05, 3.63) is 47.0 Å². The van der Waals surface area contributed by atoms with Crippen molar-refractivity contribution < 1.29 is 19.3 Å². The van der Waals surface area contributed by atoms with E-state index < -0.39 is 22.0 Å². The summed E-state index contributed by atoms with van der Waals surface area (Å²) in [6.45, 7) is 7.20. The van der Waals surface area contributed by atoms with E-state index in [0.717, 1.165) is 11.1 Å². The standard InChI is InChI=1S/C20H22O4/c1-17(2)11-20-15-10-22-9-14(15)19(23-24-20,12-18(20,3)16(17)21)13-7-5-4-6-8-13/h4-8H,9-12H2,1-3H3/t18-,19+,20-/m0/s1. The van der Waals surface area contributed by atoms with Crippen molar-refractivity contribution in [2.75, 3.05) is 13.2 Å². The summed E-state index contributed by atoms with van der Waals surface area (Å²) in [5.41, 5.74) is 0.964. The number of ether oxygens (including phenoxy) is 1. The van der Waals surface area contributed by atoms with Crippen LogP contribution >= 0.6 is 0 Å². The lowest BCUT2D eigenvalue weighted by Crippen LogP contribution is -2.63. The van der Waals surface area contributed by atoms with Crippen molar-refractivity contribution in [1.29, 1.82) is 0 Å².